The van der Waals surface area contributed by atoms with Gasteiger partial charge >= 0.3 is 5.97 Å². The standard InChI is InChI=1S/C19H18N2O4S/c1-2-24-19(23)16-17(22)15(12-20-11-14-9-6-10-25-14)26-18(16)21-13-7-4-3-5-8-13/h3-10,12,21-22H,2,11H2,1H3. The summed E-state index contributed by atoms with van der Waals surface area (Å²) in [5.41, 5.74) is 0.915. The molecule has 3 aromatic rings. The van der Waals surface area contributed by atoms with E-state index in [4.69, 9.17) is 9.15 Å². The van der Waals surface area contributed by atoms with Crippen molar-refractivity contribution < 1.29 is 19.1 Å². The Morgan fingerprint density at radius 2 is 2.12 bits per heavy atom. The molecule has 2 N–H and O–H groups in total. The van der Waals surface area contributed by atoms with Gasteiger partial charge in [-0.05, 0) is 31.2 Å². The minimum atomic E-state index is -0.578. The Labute approximate surface area is 154 Å². The normalized spacial score (nSPS) is 11.0. The SMILES string of the molecule is CCOC(=O)c1c(Nc2ccccc2)sc(C=NCc2ccco2)c1O. The summed E-state index contributed by atoms with van der Waals surface area (Å²) in [6.07, 6.45) is 3.11. The highest BCUT2D eigenvalue weighted by atomic mass is 32.1. The first-order valence-corrected chi connectivity index (χ1v) is 8.87. The molecule has 0 unspecified atom stereocenters. The first-order chi connectivity index (χ1) is 12.7. The predicted octanol–water partition coefficient (Wildman–Crippen LogP) is 4.59. The molecule has 134 valence electrons. The highest BCUT2D eigenvalue weighted by Gasteiger charge is 2.24. The molecule has 0 aliphatic carbocycles. The number of aromatic hydroxyl groups is 1. The zero-order valence-electron chi connectivity index (χ0n) is 14.1. The third-order valence-corrected chi connectivity index (χ3v) is 4.49. The molecule has 2 aromatic heterocycles. The fraction of sp³-hybridized carbons (Fsp3) is 0.158. The van der Waals surface area contributed by atoms with Crippen molar-refractivity contribution >= 4 is 34.2 Å². The maximum Gasteiger partial charge on any atom is 0.344 e. The Morgan fingerprint density at radius 1 is 1.31 bits per heavy atom. The number of benzene rings is 1. The van der Waals surface area contributed by atoms with Crippen LogP contribution in [0, 0.1) is 0 Å². The van der Waals surface area contributed by atoms with Gasteiger partial charge in [-0.25, -0.2) is 4.79 Å². The van der Waals surface area contributed by atoms with Crippen LogP contribution in [-0.4, -0.2) is 23.9 Å². The van der Waals surface area contributed by atoms with Gasteiger partial charge < -0.3 is 19.6 Å². The van der Waals surface area contributed by atoms with Crippen molar-refractivity contribution in [3.05, 3.63) is 64.9 Å². The fourth-order valence-electron chi connectivity index (χ4n) is 2.28. The third kappa shape index (κ3) is 4.12. The second-order valence-corrected chi connectivity index (χ2v) is 6.33. The number of thiophene rings is 1. The van der Waals surface area contributed by atoms with Gasteiger partial charge in [0.2, 0.25) is 0 Å². The molecule has 26 heavy (non-hydrogen) atoms. The number of furan rings is 1. The van der Waals surface area contributed by atoms with Crippen molar-refractivity contribution in [1.82, 2.24) is 0 Å². The Hall–Kier alpha value is -3.06. The summed E-state index contributed by atoms with van der Waals surface area (Å²) in [5.74, 6) is -0.00834. The molecule has 0 aliphatic rings. The molecule has 0 amide bonds. The number of carbonyl (C=O) groups excluding carboxylic acids is 1. The Balaban J connectivity index is 1.88. The molecule has 0 fully saturated rings. The van der Waals surface area contributed by atoms with E-state index in [1.54, 1.807) is 19.3 Å². The van der Waals surface area contributed by atoms with E-state index in [1.165, 1.54) is 17.6 Å². The van der Waals surface area contributed by atoms with E-state index in [0.717, 1.165) is 5.69 Å². The lowest BCUT2D eigenvalue weighted by atomic mass is 10.2. The number of anilines is 2. The molecule has 7 heteroatoms. The van der Waals surface area contributed by atoms with Crippen LogP contribution in [0.5, 0.6) is 5.75 Å². The summed E-state index contributed by atoms with van der Waals surface area (Å²) in [5, 5.41) is 14.2. The van der Waals surface area contributed by atoms with Crippen LogP contribution in [0.1, 0.15) is 27.9 Å². The maximum atomic E-state index is 12.3. The molecule has 0 saturated carbocycles. The predicted molar refractivity (Wildman–Crippen MR) is 102 cm³/mol. The van der Waals surface area contributed by atoms with Gasteiger partial charge in [-0.3, -0.25) is 4.99 Å². The van der Waals surface area contributed by atoms with Gasteiger partial charge in [-0.2, -0.15) is 0 Å². The molecule has 0 aliphatic heterocycles. The maximum absolute atomic E-state index is 12.3. The molecule has 2 heterocycles. The zero-order chi connectivity index (χ0) is 18.4. The third-order valence-electron chi connectivity index (χ3n) is 3.46. The van der Waals surface area contributed by atoms with Gasteiger partial charge in [0.1, 0.15) is 16.3 Å². The number of esters is 1. The lowest BCUT2D eigenvalue weighted by Gasteiger charge is -2.07. The Morgan fingerprint density at radius 3 is 2.81 bits per heavy atom. The minimum absolute atomic E-state index is 0.111. The van der Waals surface area contributed by atoms with Crippen LogP contribution in [0.2, 0.25) is 0 Å². The summed E-state index contributed by atoms with van der Waals surface area (Å²) < 4.78 is 10.3. The van der Waals surface area contributed by atoms with Crippen LogP contribution >= 0.6 is 11.3 Å². The Kier molecular flexibility index (Phi) is 5.70. The van der Waals surface area contributed by atoms with Gasteiger partial charge in [0.25, 0.3) is 0 Å². The number of hydrogen-bond donors (Lipinski definition) is 2. The van der Waals surface area contributed by atoms with Gasteiger partial charge in [0, 0.05) is 11.9 Å². The topological polar surface area (TPSA) is 84.1 Å². The molecular formula is C19H18N2O4S. The van der Waals surface area contributed by atoms with Gasteiger partial charge in [0.15, 0.2) is 5.75 Å². The first-order valence-electron chi connectivity index (χ1n) is 8.06. The van der Waals surface area contributed by atoms with Crippen LogP contribution in [0.3, 0.4) is 0 Å². The van der Waals surface area contributed by atoms with Gasteiger partial charge in [-0.1, -0.05) is 18.2 Å². The van der Waals surface area contributed by atoms with Crippen LogP contribution in [-0.2, 0) is 11.3 Å². The molecule has 0 spiro atoms. The average Bonchev–Trinajstić information content (AvgIpc) is 3.25. The Bertz CT molecular complexity index is 886. The molecule has 1 aromatic carbocycles. The van der Waals surface area contributed by atoms with E-state index in [2.05, 4.69) is 10.3 Å². The van der Waals surface area contributed by atoms with Gasteiger partial charge in [-0.15, -0.1) is 11.3 Å². The number of carbonyl (C=O) groups is 1. The molecule has 0 bridgehead atoms. The second kappa shape index (κ2) is 8.35. The number of para-hydroxylation sites is 1. The van der Waals surface area contributed by atoms with E-state index in [-0.39, 0.29) is 17.9 Å². The van der Waals surface area contributed by atoms with Crippen molar-refractivity contribution in [1.29, 1.82) is 0 Å². The fourth-order valence-corrected chi connectivity index (χ4v) is 3.28. The van der Waals surface area contributed by atoms with Crippen LogP contribution in [0.15, 0.2) is 58.1 Å². The van der Waals surface area contributed by atoms with E-state index in [9.17, 15) is 9.90 Å². The summed E-state index contributed by atoms with van der Waals surface area (Å²) in [6, 6.07) is 13.0. The highest BCUT2D eigenvalue weighted by molar-refractivity contribution is 7.18. The molecule has 0 atom stereocenters. The molecule has 3 rings (SSSR count). The van der Waals surface area contributed by atoms with Gasteiger partial charge in [0.05, 0.1) is 24.3 Å². The van der Waals surface area contributed by atoms with E-state index in [1.807, 2.05) is 36.4 Å². The lowest BCUT2D eigenvalue weighted by Crippen LogP contribution is -2.06. The van der Waals surface area contributed by atoms with Crippen molar-refractivity contribution in [2.75, 3.05) is 11.9 Å². The number of ether oxygens (including phenoxy) is 1. The summed E-state index contributed by atoms with van der Waals surface area (Å²) >= 11 is 1.23. The summed E-state index contributed by atoms with van der Waals surface area (Å²) in [4.78, 5) is 17.0. The summed E-state index contributed by atoms with van der Waals surface area (Å²) in [7, 11) is 0. The second-order valence-electron chi connectivity index (χ2n) is 5.28. The number of rotatable bonds is 7. The number of nitrogens with one attached hydrogen (secondary N) is 1. The lowest BCUT2D eigenvalue weighted by molar-refractivity contribution is 0.0525. The summed E-state index contributed by atoms with van der Waals surface area (Å²) in [6.45, 7) is 2.29. The van der Waals surface area contributed by atoms with E-state index >= 15 is 0 Å². The van der Waals surface area contributed by atoms with Crippen LogP contribution in [0.25, 0.3) is 0 Å². The number of hydrogen-bond acceptors (Lipinski definition) is 7. The van der Waals surface area contributed by atoms with Crippen molar-refractivity contribution in [3.63, 3.8) is 0 Å². The molecule has 0 radical (unpaired) electrons. The van der Waals surface area contributed by atoms with E-state index in [0.29, 0.717) is 22.2 Å². The number of nitrogens with zero attached hydrogens (tertiary/aromatic N) is 1. The molecular weight excluding hydrogens is 352 g/mol. The minimum Gasteiger partial charge on any atom is -0.505 e. The highest BCUT2D eigenvalue weighted by Crippen LogP contribution is 2.39. The van der Waals surface area contributed by atoms with Crippen molar-refractivity contribution in [2.24, 2.45) is 4.99 Å². The molecule has 6 nitrogen and oxygen atoms in total. The smallest absolute Gasteiger partial charge is 0.344 e. The average molecular weight is 370 g/mol. The monoisotopic (exact) mass is 370 g/mol. The first kappa shape index (κ1) is 17.8. The molecule has 0 saturated heterocycles. The van der Waals surface area contributed by atoms with Crippen LogP contribution in [0.4, 0.5) is 10.7 Å². The number of aliphatic imine (C=N–C) groups is 1. The van der Waals surface area contributed by atoms with Crippen molar-refractivity contribution in [2.45, 2.75) is 13.5 Å². The van der Waals surface area contributed by atoms with E-state index < -0.39 is 5.97 Å². The zero-order valence-corrected chi connectivity index (χ0v) is 15.0. The van der Waals surface area contributed by atoms with Crippen molar-refractivity contribution in [3.8, 4) is 5.75 Å². The quantitative estimate of drug-likeness (QED) is 0.469. The largest absolute Gasteiger partial charge is 0.505 e. The van der Waals surface area contributed by atoms with Crippen LogP contribution < -0.4 is 5.32 Å².